The first-order chi connectivity index (χ1) is 19.7. The minimum atomic E-state index is -1.34. The number of aliphatic hydroxyl groups excluding tert-OH is 2. The molecule has 0 saturated heterocycles. The molecule has 0 radical (unpaired) electrons. The number of hydrogen-bond acceptors (Lipinski definition) is 8. The summed E-state index contributed by atoms with van der Waals surface area (Å²) in [7, 11) is 0. The standard InChI is InChI=1S/2C15H27NO5.Ca/c2*1-4-5-6-7-8-9-10-16(11-17,12(2)14(18)19)13(3)15(20)21;/h2*4,12-13,17H,1,5-11H2,2-3H3,(H-,18,19,20,21);/q;;+2. The fraction of sp³-hybridized carbons (Fsp3) is 0.733. The molecule has 0 aromatic rings. The zero-order chi connectivity index (χ0) is 32.9. The first-order valence-electron chi connectivity index (χ1n) is 14.7. The van der Waals surface area contributed by atoms with Crippen molar-refractivity contribution < 1.29 is 58.8 Å². The van der Waals surface area contributed by atoms with Crippen LogP contribution in [0, 0.1) is 0 Å². The van der Waals surface area contributed by atoms with E-state index in [1.807, 2.05) is 12.2 Å². The van der Waals surface area contributed by atoms with Gasteiger partial charge in [0.05, 0.1) is 25.0 Å². The Balaban J connectivity index is -0.000000727. The maximum Gasteiger partial charge on any atom is 2.00 e. The molecule has 0 aromatic carbocycles. The van der Waals surface area contributed by atoms with Gasteiger partial charge in [0.2, 0.25) is 0 Å². The van der Waals surface area contributed by atoms with Gasteiger partial charge >= 0.3 is 49.7 Å². The first kappa shape index (κ1) is 45.9. The number of carboxylic acids is 4. The molecule has 0 aliphatic heterocycles. The number of unbranched alkanes of at least 4 members (excludes halogenated alkanes) is 8. The van der Waals surface area contributed by atoms with Crippen molar-refractivity contribution in [3.05, 3.63) is 25.3 Å². The molecule has 0 heterocycles. The Hall–Kier alpha value is -1.54. The van der Waals surface area contributed by atoms with Gasteiger partial charge in [0.15, 0.2) is 25.5 Å². The van der Waals surface area contributed by atoms with Gasteiger partial charge < -0.3 is 40.2 Å². The van der Waals surface area contributed by atoms with Crippen molar-refractivity contribution in [2.75, 3.05) is 26.6 Å². The molecule has 0 aromatic heterocycles. The minimum absolute atomic E-state index is 0. The summed E-state index contributed by atoms with van der Waals surface area (Å²) in [5, 5.41) is 60.1. The number of allylic oxidation sites excluding steroid dienone is 2. The quantitative estimate of drug-likeness (QED) is 0.0381. The predicted octanol–water partition coefficient (Wildman–Crippen LogP) is 0.621. The molecule has 12 nitrogen and oxygen atoms in total. The number of aliphatic hydroxyl groups is 2. The summed E-state index contributed by atoms with van der Waals surface area (Å²) in [6.45, 7) is 12.5. The van der Waals surface area contributed by atoms with Crippen LogP contribution in [0.25, 0.3) is 0 Å². The van der Waals surface area contributed by atoms with Gasteiger partial charge in [-0.2, -0.15) is 0 Å². The number of carbonyl (C=O) groups is 4. The van der Waals surface area contributed by atoms with Crippen molar-refractivity contribution in [1.29, 1.82) is 0 Å². The average Bonchev–Trinajstić information content (AvgIpc) is 2.95. The zero-order valence-corrected chi connectivity index (χ0v) is 28.8. The monoisotopic (exact) mass is 642 g/mol. The van der Waals surface area contributed by atoms with Gasteiger partial charge in [0, 0.05) is 0 Å². The van der Waals surface area contributed by atoms with Gasteiger partial charge in [0.1, 0.15) is 12.1 Å². The molecule has 6 atom stereocenters. The molecular weight excluding hydrogens is 588 g/mol. The number of quaternary nitrogens is 2. The molecule has 0 fully saturated rings. The SMILES string of the molecule is C=CCCCCCC[N+](CO)(C(C)C(=O)[O-])C(C)C(=O)O.C=CCCCCCC[N+](CO)(C(C)C(=O)[O-])C(C)C(=O)O.[Ca+2]. The molecule has 0 aliphatic rings. The van der Waals surface area contributed by atoms with E-state index in [0.29, 0.717) is 25.9 Å². The molecule has 0 amide bonds. The predicted molar refractivity (Wildman–Crippen MR) is 160 cm³/mol. The Labute approximate surface area is 286 Å². The van der Waals surface area contributed by atoms with Crippen molar-refractivity contribution >= 4 is 61.6 Å². The van der Waals surface area contributed by atoms with Gasteiger partial charge in [-0.1, -0.05) is 25.0 Å². The van der Waals surface area contributed by atoms with Gasteiger partial charge in [-0.3, -0.25) is 8.97 Å². The summed E-state index contributed by atoms with van der Waals surface area (Å²) in [4.78, 5) is 44.8. The Morgan fingerprint density at radius 1 is 0.605 bits per heavy atom. The van der Waals surface area contributed by atoms with Crippen LogP contribution in [0.3, 0.4) is 0 Å². The molecule has 43 heavy (non-hydrogen) atoms. The molecule has 13 heteroatoms. The normalized spacial score (nSPS) is 16.3. The van der Waals surface area contributed by atoms with E-state index in [-0.39, 0.29) is 37.7 Å². The van der Waals surface area contributed by atoms with E-state index < -0.39 is 70.5 Å². The van der Waals surface area contributed by atoms with Crippen LogP contribution in [-0.4, -0.2) is 142 Å². The Bertz CT molecular complexity index is 747. The molecule has 0 spiro atoms. The topological polar surface area (TPSA) is 195 Å². The van der Waals surface area contributed by atoms with E-state index in [9.17, 15) is 49.8 Å². The van der Waals surface area contributed by atoms with Gasteiger partial charge in [-0.05, 0) is 79.1 Å². The zero-order valence-electron chi connectivity index (χ0n) is 26.6. The number of carbonyl (C=O) groups excluding carboxylic acids is 2. The summed E-state index contributed by atoms with van der Waals surface area (Å²) < 4.78 is -0.807. The molecule has 0 saturated carbocycles. The second kappa shape index (κ2) is 24.7. The Kier molecular flexibility index (Phi) is 26.4. The average molecular weight is 643 g/mol. The summed E-state index contributed by atoms with van der Waals surface area (Å²) >= 11 is 0. The molecule has 6 unspecified atom stereocenters. The maximum atomic E-state index is 11.3. The molecule has 0 bridgehead atoms. The van der Waals surface area contributed by atoms with Crippen LogP contribution in [0.1, 0.15) is 91.9 Å². The molecule has 4 N–H and O–H groups in total. The second-order valence-corrected chi connectivity index (χ2v) is 10.9. The van der Waals surface area contributed by atoms with Crippen LogP contribution in [0.5, 0.6) is 0 Å². The van der Waals surface area contributed by atoms with Crippen LogP contribution < -0.4 is 10.2 Å². The van der Waals surface area contributed by atoms with Crippen molar-refractivity contribution in [1.82, 2.24) is 0 Å². The van der Waals surface area contributed by atoms with Crippen LogP contribution in [0.2, 0.25) is 0 Å². The van der Waals surface area contributed by atoms with Crippen molar-refractivity contribution in [2.45, 2.75) is 116 Å². The van der Waals surface area contributed by atoms with Crippen LogP contribution >= 0.6 is 0 Å². The second-order valence-electron chi connectivity index (χ2n) is 10.9. The van der Waals surface area contributed by atoms with E-state index in [0.717, 1.165) is 51.4 Å². The van der Waals surface area contributed by atoms with Gasteiger partial charge in [-0.15, -0.1) is 13.2 Å². The summed E-state index contributed by atoms with van der Waals surface area (Å²) in [5.74, 6) is -4.93. The van der Waals surface area contributed by atoms with E-state index in [1.54, 1.807) is 0 Å². The Morgan fingerprint density at radius 2 is 0.884 bits per heavy atom. The van der Waals surface area contributed by atoms with Crippen molar-refractivity contribution in [3.8, 4) is 0 Å². The number of hydrogen-bond donors (Lipinski definition) is 4. The number of carboxylic acid groups (broad SMARTS) is 4. The molecular formula is C30H54CaN2O10+2. The van der Waals surface area contributed by atoms with Crippen molar-refractivity contribution in [3.63, 3.8) is 0 Å². The summed E-state index contributed by atoms with van der Waals surface area (Å²) in [5.41, 5.74) is 0. The fourth-order valence-electron chi connectivity index (χ4n) is 5.03. The minimum Gasteiger partial charge on any atom is -0.544 e. The van der Waals surface area contributed by atoms with E-state index in [2.05, 4.69) is 13.2 Å². The van der Waals surface area contributed by atoms with Gasteiger partial charge in [0.25, 0.3) is 0 Å². The largest absolute Gasteiger partial charge is 2.00 e. The Morgan fingerprint density at radius 3 is 1.09 bits per heavy atom. The van der Waals surface area contributed by atoms with Crippen LogP contribution in [0.4, 0.5) is 0 Å². The molecule has 0 aliphatic carbocycles. The van der Waals surface area contributed by atoms with Gasteiger partial charge in [-0.25, -0.2) is 9.59 Å². The summed E-state index contributed by atoms with van der Waals surface area (Å²) in [6.07, 6.45) is 12.6. The number of aliphatic carboxylic acids is 4. The molecule has 0 rings (SSSR count). The van der Waals surface area contributed by atoms with E-state index >= 15 is 0 Å². The molecule has 244 valence electrons. The maximum absolute atomic E-state index is 11.3. The smallest absolute Gasteiger partial charge is 0.544 e. The first-order valence-corrected chi connectivity index (χ1v) is 14.7. The number of nitrogens with zero attached hydrogens (tertiary/aromatic N) is 2. The van der Waals surface area contributed by atoms with Crippen LogP contribution in [-0.2, 0) is 19.2 Å². The third-order valence-electron chi connectivity index (χ3n) is 8.47. The number of rotatable bonds is 24. The summed E-state index contributed by atoms with van der Waals surface area (Å²) in [6, 6.07) is -4.16. The van der Waals surface area contributed by atoms with E-state index in [4.69, 9.17) is 0 Å². The van der Waals surface area contributed by atoms with Crippen LogP contribution in [0.15, 0.2) is 25.3 Å². The third-order valence-corrected chi connectivity index (χ3v) is 8.47. The van der Waals surface area contributed by atoms with E-state index in [1.165, 1.54) is 27.7 Å². The third kappa shape index (κ3) is 15.3. The fourth-order valence-corrected chi connectivity index (χ4v) is 5.03. The van der Waals surface area contributed by atoms with Crippen molar-refractivity contribution in [2.24, 2.45) is 0 Å².